The molecular formula is C14H13NO5S. The molecule has 0 fully saturated rings. The van der Waals surface area contributed by atoms with Crippen molar-refractivity contribution in [2.45, 2.75) is 17.4 Å². The third-order valence-electron chi connectivity index (χ3n) is 3.20. The zero-order valence-corrected chi connectivity index (χ0v) is 11.7. The van der Waals surface area contributed by atoms with Crippen LogP contribution in [0.4, 0.5) is 0 Å². The number of Topliss-reactive ketones (excluding diaryl/α,β-unsaturated/α-hetero) is 1. The monoisotopic (exact) mass is 307 g/mol. The van der Waals surface area contributed by atoms with E-state index in [-0.39, 0.29) is 17.6 Å². The Morgan fingerprint density at radius 2 is 2.00 bits per heavy atom. The predicted octanol–water partition coefficient (Wildman–Crippen LogP) is 1.90. The molecule has 2 atom stereocenters. The van der Waals surface area contributed by atoms with Crippen molar-refractivity contribution in [3.8, 4) is 0 Å². The largest absolute Gasteiger partial charge is 0.508 e. The standard InChI is InChI=1S/C14H13NO5S/c16-11-8-14(21,15(19)20)7-6-10(11)13(18)12(17)9-4-2-1-3-5-9/h1-6,8,13,16,18,21H,7H2. The summed E-state index contributed by atoms with van der Waals surface area (Å²) < 4.78 is 0. The van der Waals surface area contributed by atoms with Crippen molar-refractivity contribution >= 4 is 18.4 Å². The molecule has 0 saturated heterocycles. The second-order valence-corrected chi connectivity index (χ2v) is 5.44. The van der Waals surface area contributed by atoms with Crippen molar-refractivity contribution in [1.29, 1.82) is 0 Å². The molecule has 6 nitrogen and oxygen atoms in total. The lowest BCUT2D eigenvalue weighted by Gasteiger charge is -2.22. The number of hydrogen-bond acceptors (Lipinski definition) is 6. The molecule has 0 heterocycles. The summed E-state index contributed by atoms with van der Waals surface area (Å²) in [5.41, 5.74) is 0.242. The Hall–Kier alpha value is -2.12. The fraction of sp³-hybridized carbons (Fsp3) is 0.214. The van der Waals surface area contributed by atoms with Crippen LogP contribution in [0.15, 0.2) is 53.8 Å². The molecule has 2 N–H and O–H groups in total. The van der Waals surface area contributed by atoms with E-state index >= 15 is 0 Å². The van der Waals surface area contributed by atoms with E-state index in [9.17, 15) is 25.1 Å². The molecule has 21 heavy (non-hydrogen) atoms. The number of rotatable bonds is 4. The number of hydrogen-bond donors (Lipinski definition) is 3. The molecule has 0 amide bonds. The van der Waals surface area contributed by atoms with Crippen LogP contribution in [0.3, 0.4) is 0 Å². The number of carbonyl (C=O) groups excluding carboxylic acids is 1. The highest BCUT2D eigenvalue weighted by Gasteiger charge is 2.40. The van der Waals surface area contributed by atoms with E-state index in [1.54, 1.807) is 18.2 Å². The van der Waals surface area contributed by atoms with Gasteiger partial charge in [0.1, 0.15) is 11.9 Å². The number of benzene rings is 1. The number of aliphatic hydroxyl groups excluding tert-OH is 2. The second-order valence-electron chi connectivity index (χ2n) is 4.66. The molecule has 2 unspecified atom stereocenters. The lowest BCUT2D eigenvalue weighted by Crippen LogP contribution is -2.34. The van der Waals surface area contributed by atoms with Crippen molar-refractivity contribution < 1.29 is 19.9 Å². The van der Waals surface area contributed by atoms with Crippen molar-refractivity contribution in [3.05, 3.63) is 69.5 Å². The highest BCUT2D eigenvalue weighted by Crippen LogP contribution is 2.32. The average Bonchev–Trinajstić information content (AvgIpc) is 2.46. The molecule has 7 heteroatoms. The van der Waals surface area contributed by atoms with Crippen LogP contribution in [0.5, 0.6) is 0 Å². The minimum Gasteiger partial charge on any atom is -0.508 e. The van der Waals surface area contributed by atoms with Crippen molar-refractivity contribution in [2.75, 3.05) is 0 Å². The van der Waals surface area contributed by atoms with Gasteiger partial charge >= 0.3 is 0 Å². The third-order valence-corrected chi connectivity index (χ3v) is 3.68. The first-order chi connectivity index (χ1) is 9.85. The van der Waals surface area contributed by atoms with E-state index in [4.69, 9.17) is 0 Å². The fourth-order valence-electron chi connectivity index (χ4n) is 2.01. The van der Waals surface area contributed by atoms with E-state index < -0.39 is 27.4 Å². The van der Waals surface area contributed by atoms with Crippen LogP contribution in [-0.2, 0) is 0 Å². The number of nitrogens with zero attached hydrogens (tertiary/aromatic N) is 1. The maximum Gasteiger partial charge on any atom is 0.290 e. The van der Waals surface area contributed by atoms with Gasteiger partial charge in [-0.05, 0) is 0 Å². The fourth-order valence-corrected chi connectivity index (χ4v) is 2.22. The van der Waals surface area contributed by atoms with Gasteiger partial charge in [0.05, 0.1) is 6.42 Å². The van der Waals surface area contributed by atoms with Crippen molar-refractivity contribution in [3.63, 3.8) is 0 Å². The number of thiol groups is 1. The highest BCUT2D eigenvalue weighted by molar-refractivity contribution is 7.81. The van der Waals surface area contributed by atoms with Gasteiger partial charge in [-0.25, -0.2) is 0 Å². The summed E-state index contributed by atoms with van der Waals surface area (Å²) in [6, 6.07) is 8.10. The van der Waals surface area contributed by atoms with Crippen LogP contribution < -0.4 is 0 Å². The Morgan fingerprint density at radius 3 is 2.52 bits per heavy atom. The summed E-state index contributed by atoms with van der Waals surface area (Å²) >= 11 is 3.89. The smallest absolute Gasteiger partial charge is 0.290 e. The molecule has 1 aliphatic rings. The Bertz CT molecular complexity index is 640. The molecule has 0 aliphatic heterocycles. The van der Waals surface area contributed by atoms with E-state index in [1.807, 2.05) is 0 Å². The lowest BCUT2D eigenvalue weighted by molar-refractivity contribution is -0.523. The molecule has 0 radical (unpaired) electrons. The van der Waals surface area contributed by atoms with Crippen LogP contribution in [0.2, 0.25) is 0 Å². The average molecular weight is 307 g/mol. The molecule has 1 aliphatic carbocycles. The Balaban J connectivity index is 2.24. The molecule has 2 rings (SSSR count). The van der Waals surface area contributed by atoms with Gasteiger partial charge in [-0.3, -0.25) is 14.9 Å². The first kappa shape index (κ1) is 15.3. The number of aliphatic hydroxyl groups is 2. The summed E-state index contributed by atoms with van der Waals surface area (Å²) in [7, 11) is 0. The molecule has 0 aromatic heterocycles. The van der Waals surface area contributed by atoms with Gasteiger partial charge in [-0.15, -0.1) is 0 Å². The third kappa shape index (κ3) is 2.98. The van der Waals surface area contributed by atoms with E-state index in [0.717, 1.165) is 6.08 Å². The van der Waals surface area contributed by atoms with Crippen LogP contribution in [0, 0.1) is 10.1 Å². The van der Waals surface area contributed by atoms with Gasteiger partial charge < -0.3 is 10.2 Å². The van der Waals surface area contributed by atoms with Gasteiger partial charge in [0.25, 0.3) is 4.87 Å². The van der Waals surface area contributed by atoms with E-state index in [2.05, 4.69) is 12.6 Å². The molecule has 1 aromatic rings. The normalized spacial score (nSPS) is 23.0. The van der Waals surface area contributed by atoms with Crippen LogP contribution in [0.1, 0.15) is 16.8 Å². The number of carbonyl (C=O) groups is 1. The van der Waals surface area contributed by atoms with Gasteiger partial charge in [0.2, 0.25) is 0 Å². The quantitative estimate of drug-likeness (QED) is 0.259. The van der Waals surface area contributed by atoms with E-state index in [1.165, 1.54) is 18.2 Å². The highest BCUT2D eigenvalue weighted by atomic mass is 32.1. The molecule has 0 bridgehead atoms. The summed E-state index contributed by atoms with van der Waals surface area (Å²) in [5.74, 6) is -1.10. The predicted molar refractivity (Wildman–Crippen MR) is 78.9 cm³/mol. The number of nitro groups is 1. The second kappa shape index (κ2) is 5.71. The summed E-state index contributed by atoms with van der Waals surface area (Å²) in [6.45, 7) is 0. The summed E-state index contributed by atoms with van der Waals surface area (Å²) in [6.07, 6.45) is 0.471. The first-order valence-corrected chi connectivity index (χ1v) is 6.56. The van der Waals surface area contributed by atoms with Gasteiger partial charge in [-0.1, -0.05) is 49.0 Å². The summed E-state index contributed by atoms with van der Waals surface area (Å²) in [4.78, 5) is 20.6. The maximum atomic E-state index is 12.1. The van der Waals surface area contributed by atoms with Gasteiger partial charge in [0, 0.05) is 22.1 Å². The Kier molecular flexibility index (Phi) is 4.15. The lowest BCUT2D eigenvalue weighted by atomic mass is 9.92. The minimum atomic E-state index is -1.73. The van der Waals surface area contributed by atoms with Crippen LogP contribution in [-0.4, -0.2) is 31.9 Å². The SMILES string of the molecule is O=C(c1ccccc1)C(O)C1=CCC(S)([N+](=O)[O-])C=C1O. The van der Waals surface area contributed by atoms with Crippen LogP contribution in [0.25, 0.3) is 0 Å². The molecule has 1 aromatic carbocycles. The molecule has 0 spiro atoms. The minimum absolute atomic E-state index is 0.0459. The Labute approximate surface area is 126 Å². The summed E-state index contributed by atoms with van der Waals surface area (Å²) in [5, 5.41) is 30.8. The Morgan fingerprint density at radius 1 is 1.38 bits per heavy atom. The topological polar surface area (TPSA) is 101 Å². The van der Waals surface area contributed by atoms with E-state index in [0.29, 0.717) is 0 Å². The zero-order valence-electron chi connectivity index (χ0n) is 10.8. The zero-order chi connectivity index (χ0) is 15.6. The van der Waals surface area contributed by atoms with Crippen molar-refractivity contribution in [1.82, 2.24) is 0 Å². The van der Waals surface area contributed by atoms with Gasteiger partial charge in [0.15, 0.2) is 5.78 Å². The van der Waals surface area contributed by atoms with Crippen LogP contribution >= 0.6 is 12.6 Å². The number of ketones is 1. The van der Waals surface area contributed by atoms with Gasteiger partial charge in [-0.2, -0.15) is 0 Å². The molecule has 0 saturated carbocycles. The van der Waals surface area contributed by atoms with Crippen molar-refractivity contribution in [2.24, 2.45) is 0 Å². The molecule has 110 valence electrons. The molecular weight excluding hydrogens is 294 g/mol. The first-order valence-electron chi connectivity index (χ1n) is 6.11. The maximum absolute atomic E-state index is 12.1.